The molecule has 0 aliphatic carbocycles. The van der Waals surface area contributed by atoms with Gasteiger partial charge in [-0.15, -0.1) is 0 Å². The van der Waals surface area contributed by atoms with Crippen LogP contribution in [0.25, 0.3) is 0 Å². The number of carbonyl (C=O) groups is 1. The molecule has 0 saturated heterocycles. The van der Waals surface area contributed by atoms with Gasteiger partial charge in [0.25, 0.3) is 0 Å². The molecule has 10 heavy (non-hydrogen) atoms. The van der Waals surface area contributed by atoms with Gasteiger partial charge in [-0.1, -0.05) is 0 Å². The van der Waals surface area contributed by atoms with Crippen molar-refractivity contribution in [1.82, 2.24) is 9.97 Å². The Kier molecular flexibility index (Phi) is 2.17. The average Bonchev–Trinajstić information content (AvgIpc) is 1.88. The van der Waals surface area contributed by atoms with E-state index in [9.17, 15) is 4.79 Å². The molecule has 0 amide bonds. The van der Waals surface area contributed by atoms with Gasteiger partial charge in [0.15, 0.2) is 0 Å². The second-order valence-electron chi connectivity index (χ2n) is 1.80. The number of hydrogen-bond acceptors (Lipinski definition) is 3. The monoisotopic (exact) mass is 196 g/mol. The zero-order valence-electron chi connectivity index (χ0n) is 5.40. The third kappa shape index (κ3) is 1.64. The summed E-state index contributed by atoms with van der Waals surface area (Å²) in [5, 5.41) is 0. The summed E-state index contributed by atoms with van der Waals surface area (Å²) in [6, 6.07) is 1.60. The maximum absolute atomic E-state index is 10.7. The molecule has 0 N–H and O–H groups in total. The molecule has 0 aliphatic heterocycles. The minimum absolute atomic E-state index is 0.0327. The molecule has 1 aromatic rings. The van der Waals surface area contributed by atoms with Crippen LogP contribution in [0.15, 0.2) is 12.3 Å². The molecular formula is C6H5AsN2O. The van der Waals surface area contributed by atoms with Crippen LogP contribution in [0, 0.1) is 0 Å². The summed E-state index contributed by atoms with van der Waals surface area (Å²) in [6.07, 6.45) is 1.57. The molecule has 0 spiro atoms. The Bertz CT molecular complexity index is 262. The maximum atomic E-state index is 10.7. The Morgan fingerprint density at radius 1 is 1.70 bits per heavy atom. The van der Waals surface area contributed by atoms with Gasteiger partial charge in [-0.3, -0.25) is 0 Å². The van der Waals surface area contributed by atoms with E-state index in [1.54, 1.807) is 12.3 Å². The zero-order valence-corrected chi connectivity index (χ0v) is 7.28. The van der Waals surface area contributed by atoms with Gasteiger partial charge in [0.1, 0.15) is 0 Å². The van der Waals surface area contributed by atoms with Crippen LogP contribution in [-0.4, -0.2) is 32.6 Å². The van der Waals surface area contributed by atoms with Crippen molar-refractivity contribution in [3.8, 4) is 0 Å². The minimum atomic E-state index is -0.0327. The van der Waals surface area contributed by atoms with Crippen molar-refractivity contribution in [1.29, 1.82) is 0 Å². The van der Waals surface area contributed by atoms with E-state index in [0.29, 0.717) is 10.3 Å². The van der Waals surface area contributed by atoms with Crippen molar-refractivity contribution in [3.05, 3.63) is 18.0 Å². The van der Waals surface area contributed by atoms with E-state index in [1.165, 1.54) is 6.92 Å². The summed E-state index contributed by atoms with van der Waals surface area (Å²) in [7, 11) is 0. The fourth-order valence-corrected chi connectivity index (χ4v) is 0.910. The third-order valence-corrected chi connectivity index (χ3v) is 1.46. The predicted octanol–water partition coefficient (Wildman–Crippen LogP) is -0.527. The number of hydrogen-bond donors (Lipinski definition) is 0. The predicted molar refractivity (Wildman–Crippen MR) is 37.4 cm³/mol. The van der Waals surface area contributed by atoms with Crippen molar-refractivity contribution in [2.24, 2.45) is 0 Å². The number of rotatable bonds is 1. The number of carbonyl (C=O) groups excluding carboxylic acids is 1. The molecule has 0 fully saturated rings. The van der Waals surface area contributed by atoms with Gasteiger partial charge in [0.2, 0.25) is 0 Å². The van der Waals surface area contributed by atoms with E-state index in [4.69, 9.17) is 0 Å². The molecule has 1 heterocycles. The quantitative estimate of drug-likeness (QED) is 0.448. The first-order valence-corrected chi connectivity index (χ1v) is 3.67. The van der Waals surface area contributed by atoms with Crippen molar-refractivity contribution >= 4 is 27.2 Å². The molecule has 2 radical (unpaired) electrons. The first-order valence-electron chi connectivity index (χ1n) is 2.73. The van der Waals surface area contributed by atoms with Crippen LogP contribution < -0.4 is 4.61 Å². The molecule has 4 heteroatoms. The van der Waals surface area contributed by atoms with Crippen LogP contribution in [0.1, 0.15) is 17.4 Å². The zero-order chi connectivity index (χ0) is 7.56. The van der Waals surface area contributed by atoms with Crippen LogP contribution in [0.3, 0.4) is 0 Å². The van der Waals surface area contributed by atoms with Crippen molar-refractivity contribution in [2.75, 3.05) is 0 Å². The Labute approximate surface area is 67.4 Å². The third-order valence-electron chi connectivity index (χ3n) is 1.00. The average molecular weight is 196 g/mol. The summed E-state index contributed by atoms with van der Waals surface area (Å²) >= 11 is 2.19. The molecule has 0 saturated carbocycles. The summed E-state index contributed by atoms with van der Waals surface area (Å²) in [4.78, 5) is 18.4. The fraction of sp³-hybridized carbons (Fsp3) is 0.167. The van der Waals surface area contributed by atoms with Gasteiger partial charge in [0.05, 0.1) is 0 Å². The molecule has 0 unspecified atom stereocenters. The van der Waals surface area contributed by atoms with E-state index in [2.05, 4.69) is 26.8 Å². The van der Waals surface area contributed by atoms with E-state index in [0.717, 1.165) is 0 Å². The van der Waals surface area contributed by atoms with Gasteiger partial charge < -0.3 is 0 Å². The number of nitrogens with zero attached hydrogens (tertiary/aromatic N) is 2. The van der Waals surface area contributed by atoms with Gasteiger partial charge >= 0.3 is 66.9 Å². The summed E-state index contributed by atoms with van der Waals surface area (Å²) < 4.78 is 0.570. The van der Waals surface area contributed by atoms with Crippen molar-refractivity contribution < 1.29 is 4.79 Å². The number of ketones is 1. The van der Waals surface area contributed by atoms with E-state index < -0.39 is 0 Å². The Balaban J connectivity index is 3.07. The topological polar surface area (TPSA) is 42.9 Å². The van der Waals surface area contributed by atoms with Crippen LogP contribution in [0.4, 0.5) is 0 Å². The Morgan fingerprint density at radius 3 is 2.80 bits per heavy atom. The summed E-state index contributed by atoms with van der Waals surface area (Å²) in [5.74, 6) is -0.0327. The Hall–Kier alpha value is -0.692. The number of aromatic nitrogens is 2. The molecule has 50 valence electrons. The molecular weight excluding hydrogens is 191 g/mol. The van der Waals surface area contributed by atoms with Crippen LogP contribution in [0.5, 0.6) is 0 Å². The van der Waals surface area contributed by atoms with Gasteiger partial charge in [-0.25, -0.2) is 0 Å². The second-order valence-corrected chi connectivity index (χ2v) is 2.64. The van der Waals surface area contributed by atoms with Crippen molar-refractivity contribution in [2.45, 2.75) is 6.92 Å². The van der Waals surface area contributed by atoms with Crippen LogP contribution in [-0.2, 0) is 0 Å². The van der Waals surface area contributed by atoms with E-state index in [-0.39, 0.29) is 5.78 Å². The van der Waals surface area contributed by atoms with Crippen LogP contribution in [0.2, 0.25) is 0 Å². The molecule has 1 aromatic heterocycles. The van der Waals surface area contributed by atoms with Gasteiger partial charge in [0, 0.05) is 0 Å². The molecule has 3 nitrogen and oxygen atoms in total. The molecule has 0 aromatic carbocycles. The van der Waals surface area contributed by atoms with E-state index >= 15 is 0 Å². The first-order chi connectivity index (χ1) is 4.70. The summed E-state index contributed by atoms with van der Waals surface area (Å²) in [5.41, 5.74) is 0.464. The van der Waals surface area contributed by atoms with Gasteiger partial charge in [-0.2, -0.15) is 0 Å². The SMILES string of the molecule is CC(=O)c1ccnc([As])n1. The van der Waals surface area contributed by atoms with E-state index in [1.807, 2.05) is 0 Å². The number of Topliss-reactive ketones (excluding diaryl/α,β-unsaturated/α-hetero) is 1. The summed E-state index contributed by atoms with van der Waals surface area (Å²) in [6.45, 7) is 1.48. The normalized spacial score (nSPS) is 9.40. The molecule has 0 atom stereocenters. The second kappa shape index (κ2) is 2.93. The molecule has 0 bridgehead atoms. The molecule has 1 rings (SSSR count). The first kappa shape index (κ1) is 7.42. The van der Waals surface area contributed by atoms with Crippen LogP contribution >= 0.6 is 0 Å². The fourth-order valence-electron chi connectivity index (χ4n) is 0.544. The van der Waals surface area contributed by atoms with Gasteiger partial charge in [-0.05, 0) is 0 Å². The molecule has 0 aliphatic rings. The standard InChI is InChI=1S/C6H5AsN2O/c1-4(10)5-2-3-8-6(7)9-5/h2-3H,1H3. The Morgan fingerprint density at radius 2 is 2.40 bits per heavy atom. The van der Waals surface area contributed by atoms with Crippen molar-refractivity contribution in [3.63, 3.8) is 0 Å².